The maximum Gasteiger partial charge on any atom is 0.263 e. The van der Waals surface area contributed by atoms with Crippen molar-refractivity contribution in [1.82, 2.24) is 9.97 Å². The van der Waals surface area contributed by atoms with E-state index in [0.717, 1.165) is 0 Å². The van der Waals surface area contributed by atoms with E-state index in [4.69, 9.17) is 4.74 Å². The van der Waals surface area contributed by atoms with Crippen LogP contribution in [-0.2, 0) is 10.0 Å². The van der Waals surface area contributed by atoms with Crippen LogP contribution < -0.4 is 14.8 Å². The summed E-state index contributed by atoms with van der Waals surface area (Å²) in [4.78, 5) is 20.8. The maximum absolute atomic E-state index is 12.7. The predicted octanol–water partition coefficient (Wildman–Crippen LogP) is 4.25. The number of ether oxygens (including phenoxy) is 1. The summed E-state index contributed by atoms with van der Waals surface area (Å²) in [6.07, 6.45) is 4.26. The summed E-state index contributed by atoms with van der Waals surface area (Å²) in [5.41, 5.74) is 2.38. The maximum atomic E-state index is 12.7. The molecule has 0 amide bonds. The first-order valence-corrected chi connectivity index (χ1v) is 11.4. The lowest BCUT2D eigenvalue weighted by Gasteiger charge is -2.08. The minimum Gasteiger partial charge on any atom is -0.497 e. The lowest BCUT2D eigenvalue weighted by molar-refractivity contribution is 0.104. The third-order valence-corrected chi connectivity index (χ3v) is 6.06. The second-order valence-electron chi connectivity index (χ2n) is 6.95. The number of carbonyl (C=O) groups is 1. The van der Waals surface area contributed by atoms with Crippen LogP contribution in [-0.4, -0.2) is 31.3 Å². The van der Waals surface area contributed by atoms with Crippen molar-refractivity contribution >= 4 is 38.3 Å². The van der Waals surface area contributed by atoms with E-state index < -0.39 is 10.0 Å². The van der Waals surface area contributed by atoms with Crippen molar-refractivity contribution in [3.05, 3.63) is 96.8 Å². The number of nitrogens with one attached hydrogen (secondary N) is 2. The number of anilines is 2. The summed E-state index contributed by atoms with van der Waals surface area (Å²) in [5, 5.41) is 2.95. The van der Waals surface area contributed by atoms with Gasteiger partial charge < -0.3 is 10.1 Å². The number of methoxy groups -OCH3 is 1. The molecule has 0 unspecified atom stereocenters. The number of aromatic nitrogens is 2. The number of allylic oxidation sites excluding steroid dienone is 1. The van der Waals surface area contributed by atoms with Gasteiger partial charge in [-0.25, -0.2) is 13.4 Å². The zero-order valence-electron chi connectivity index (χ0n) is 17.6. The number of sulfonamides is 1. The Labute approximate surface area is 191 Å². The van der Waals surface area contributed by atoms with Gasteiger partial charge in [0.25, 0.3) is 10.0 Å². The second kappa shape index (κ2) is 9.49. The Morgan fingerprint density at radius 2 is 1.73 bits per heavy atom. The van der Waals surface area contributed by atoms with Crippen LogP contribution in [0.1, 0.15) is 10.4 Å². The fraction of sp³-hybridized carbons (Fsp3) is 0.0417. The molecule has 0 spiro atoms. The predicted molar refractivity (Wildman–Crippen MR) is 127 cm³/mol. The number of hydrogen-bond donors (Lipinski definition) is 2. The molecule has 1 aromatic heterocycles. The van der Waals surface area contributed by atoms with Crippen LogP contribution in [0.15, 0.2) is 96.2 Å². The molecule has 0 saturated heterocycles. The van der Waals surface area contributed by atoms with E-state index >= 15 is 0 Å². The Hall–Kier alpha value is -4.24. The lowest BCUT2D eigenvalue weighted by atomic mass is 10.1. The van der Waals surface area contributed by atoms with Gasteiger partial charge >= 0.3 is 0 Å². The lowest BCUT2D eigenvalue weighted by Crippen LogP contribution is -2.14. The SMILES string of the molecule is COc1cccc(C(=O)/C=C\Nc2ccc(S(=O)(=O)Nc3cnc4ccccc4n3)cc2)c1. The number of hydrogen-bond acceptors (Lipinski definition) is 7. The van der Waals surface area contributed by atoms with Crippen molar-refractivity contribution in [2.24, 2.45) is 0 Å². The molecule has 0 aliphatic rings. The van der Waals surface area contributed by atoms with Gasteiger partial charge in [0.1, 0.15) is 5.75 Å². The highest BCUT2D eigenvalue weighted by molar-refractivity contribution is 7.92. The molecule has 1 heterocycles. The Bertz CT molecular complexity index is 1430. The molecule has 9 heteroatoms. The molecule has 0 aliphatic carbocycles. The van der Waals surface area contributed by atoms with E-state index in [9.17, 15) is 13.2 Å². The molecule has 0 saturated carbocycles. The number of benzene rings is 3. The first-order valence-electron chi connectivity index (χ1n) is 9.91. The molecule has 0 bridgehead atoms. The average molecular weight is 461 g/mol. The molecule has 3 aromatic carbocycles. The number of para-hydroxylation sites is 2. The summed E-state index contributed by atoms with van der Waals surface area (Å²) in [5.74, 6) is 0.540. The number of rotatable bonds is 8. The van der Waals surface area contributed by atoms with E-state index in [1.165, 1.54) is 37.7 Å². The van der Waals surface area contributed by atoms with Gasteiger partial charge in [-0.2, -0.15) is 0 Å². The highest BCUT2D eigenvalue weighted by Gasteiger charge is 2.15. The zero-order chi connectivity index (χ0) is 23.3. The van der Waals surface area contributed by atoms with E-state index in [1.54, 1.807) is 54.6 Å². The molecule has 4 aromatic rings. The van der Waals surface area contributed by atoms with Gasteiger partial charge in [-0.15, -0.1) is 0 Å². The fourth-order valence-corrected chi connectivity index (χ4v) is 4.01. The standard InChI is InChI=1S/C24H20N4O4S/c1-32-19-6-4-5-17(15-19)23(29)13-14-25-18-9-11-20(12-10-18)33(30,31)28-24-16-26-21-7-2-3-8-22(21)27-24/h2-16,25H,1H3,(H,27,28)/b14-13-. The van der Waals surface area contributed by atoms with Gasteiger partial charge in [-0.3, -0.25) is 14.5 Å². The first-order chi connectivity index (χ1) is 15.9. The Kier molecular flexibility index (Phi) is 6.32. The van der Waals surface area contributed by atoms with Gasteiger partial charge in [0.2, 0.25) is 0 Å². The number of carbonyl (C=O) groups excluding carboxylic acids is 1. The molecular formula is C24H20N4O4S. The topological polar surface area (TPSA) is 110 Å². The van der Waals surface area contributed by atoms with Crippen molar-refractivity contribution in [3.8, 4) is 5.75 Å². The highest BCUT2D eigenvalue weighted by atomic mass is 32.2. The van der Waals surface area contributed by atoms with Crippen molar-refractivity contribution in [3.63, 3.8) is 0 Å². The molecule has 0 radical (unpaired) electrons. The van der Waals surface area contributed by atoms with Gasteiger partial charge in [-0.05, 0) is 48.5 Å². The van der Waals surface area contributed by atoms with Crippen LogP contribution in [0.2, 0.25) is 0 Å². The van der Waals surface area contributed by atoms with Gasteiger partial charge in [0.15, 0.2) is 11.6 Å². The quantitative estimate of drug-likeness (QED) is 0.299. The smallest absolute Gasteiger partial charge is 0.263 e. The van der Waals surface area contributed by atoms with Crippen LogP contribution >= 0.6 is 0 Å². The van der Waals surface area contributed by atoms with Crippen molar-refractivity contribution in [2.75, 3.05) is 17.1 Å². The molecule has 0 atom stereocenters. The summed E-state index contributed by atoms with van der Waals surface area (Å²) < 4.78 is 32.9. The largest absolute Gasteiger partial charge is 0.497 e. The summed E-state index contributed by atoms with van der Waals surface area (Å²) >= 11 is 0. The van der Waals surface area contributed by atoms with E-state index in [-0.39, 0.29) is 16.5 Å². The summed E-state index contributed by atoms with van der Waals surface area (Å²) in [6, 6.07) is 20.1. The third-order valence-electron chi connectivity index (χ3n) is 4.69. The van der Waals surface area contributed by atoms with E-state index in [2.05, 4.69) is 20.0 Å². The monoisotopic (exact) mass is 460 g/mol. The van der Waals surface area contributed by atoms with Crippen molar-refractivity contribution in [2.45, 2.75) is 4.90 Å². The van der Waals surface area contributed by atoms with E-state index in [0.29, 0.717) is 28.0 Å². The first kappa shape index (κ1) is 22.0. The average Bonchev–Trinajstić information content (AvgIpc) is 2.84. The zero-order valence-corrected chi connectivity index (χ0v) is 18.4. The Morgan fingerprint density at radius 1 is 0.970 bits per heavy atom. The second-order valence-corrected chi connectivity index (χ2v) is 8.63. The third kappa shape index (κ3) is 5.34. The summed E-state index contributed by atoms with van der Waals surface area (Å²) in [7, 11) is -2.30. The normalized spacial score (nSPS) is 11.4. The molecular weight excluding hydrogens is 440 g/mol. The molecule has 8 nitrogen and oxygen atoms in total. The van der Waals surface area contributed by atoms with Gasteiger partial charge in [0.05, 0.1) is 29.2 Å². The van der Waals surface area contributed by atoms with E-state index in [1.807, 2.05) is 6.07 Å². The van der Waals surface area contributed by atoms with Crippen LogP contribution in [0.25, 0.3) is 11.0 Å². The van der Waals surface area contributed by atoms with Crippen molar-refractivity contribution < 1.29 is 17.9 Å². The van der Waals surface area contributed by atoms with Crippen LogP contribution in [0.3, 0.4) is 0 Å². The van der Waals surface area contributed by atoms with Crippen LogP contribution in [0.5, 0.6) is 5.75 Å². The number of ketones is 1. The minimum absolute atomic E-state index is 0.0689. The Morgan fingerprint density at radius 3 is 2.48 bits per heavy atom. The molecule has 0 aliphatic heterocycles. The van der Waals surface area contributed by atoms with Gasteiger partial charge in [0, 0.05) is 23.5 Å². The molecule has 2 N–H and O–H groups in total. The molecule has 0 fully saturated rings. The van der Waals surface area contributed by atoms with Crippen molar-refractivity contribution in [1.29, 1.82) is 0 Å². The van der Waals surface area contributed by atoms with Gasteiger partial charge in [-0.1, -0.05) is 24.3 Å². The van der Waals surface area contributed by atoms with Crippen LogP contribution in [0, 0.1) is 0 Å². The summed E-state index contributed by atoms with van der Waals surface area (Å²) in [6.45, 7) is 0. The number of nitrogens with zero attached hydrogens (tertiary/aromatic N) is 2. The highest BCUT2D eigenvalue weighted by Crippen LogP contribution is 2.19. The van der Waals surface area contributed by atoms with Crippen LogP contribution in [0.4, 0.5) is 11.5 Å². The molecule has 33 heavy (non-hydrogen) atoms. The minimum atomic E-state index is -3.84. The number of fused-ring (bicyclic) bond motifs is 1. The Balaban J connectivity index is 1.41. The molecule has 4 rings (SSSR count). The fourth-order valence-electron chi connectivity index (χ4n) is 3.02. The molecule has 166 valence electrons.